The molecule has 0 radical (unpaired) electrons. The Balaban J connectivity index is 0.00000225. The van der Waals surface area contributed by atoms with Gasteiger partial charge in [-0.25, -0.2) is 9.98 Å². The summed E-state index contributed by atoms with van der Waals surface area (Å²) in [5, 5.41) is 3.06. The van der Waals surface area contributed by atoms with Crippen molar-refractivity contribution < 1.29 is 4.42 Å². The number of oxazole rings is 1. The van der Waals surface area contributed by atoms with Crippen LogP contribution < -0.4 is 11.1 Å². The number of halogens is 1. The number of nitrogens with two attached hydrogens (primary N) is 1. The first kappa shape index (κ1) is 19.0. The van der Waals surface area contributed by atoms with Crippen LogP contribution >= 0.6 is 24.0 Å². The van der Waals surface area contributed by atoms with Gasteiger partial charge in [0.1, 0.15) is 6.54 Å². The molecule has 0 spiro atoms. The highest BCUT2D eigenvalue weighted by Crippen LogP contribution is 2.20. The minimum absolute atomic E-state index is 0. The molecule has 1 heterocycles. The van der Waals surface area contributed by atoms with Crippen LogP contribution in [0.25, 0.3) is 11.3 Å². The summed E-state index contributed by atoms with van der Waals surface area (Å²) < 4.78 is 5.70. The van der Waals surface area contributed by atoms with Crippen LogP contribution in [0.15, 0.2) is 70.2 Å². The van der Waals surface area contributed by atoms with Crippen LogP contribution in [-0.4, -0.2) is 10.9 Å². The smallest absolute Gasteiger partial charge is 0.216 e. The fourth-order valence-electron chi connectivity index (χ4n) is 2.28. The molecule has 1 aromatic heterocycles. The predicted molar refractivity (Wildman–Crippen MR) is 112 cm³/mol. The maximum Gasteiger partial charge on any atom is 0.216 e. The van der Waals surface area contributed by atoms with Gasteiger partial charge in [0.15, 0.2) is 11.7 Å². The summed E-state index contributed by atoms with van der Waals surface area (Å²) >= 11 is 0. The van der Waals surface area contributed by atoms with E-state index in [0.717, 1.165) is 23.4 Å². The zero-order valence-electron chi connectivity index (χ0n) is 14.0. The fraction of sp³-hybridized carbons (Fsp3) is 0.158. The fourth-order valence-corrected chi connectivity index (χ4v) is 2.28. The highest BCUT2D eigenvalue weighted by molar-refractivity contribution is 14.0. The molecule has 3 rings (SSSR count). The molecule has 0 atom stereocenters. The Bertz CT molecular complexity index is 813. The van der Waals surface area contributed by atoms with Crippen molar-refractivity contribution in [1.82, 2.24) is 4.98 Å². The van der Waals surface area contributed by atoms with Gasteiger partial charge in [0.05, 0.1) is 6.20 Å². The Morgan fingerprint density at radius 1 is 1.12 bits per heavy atom. The number of aryl methyl sites for hydroxylation is 1. The molecule has 0 unspecified atom stereocenters. The molecule has 0 saturated heterocycles. The van der Waals surface area contributed by atoms with E-state index in [1.54, 1.807) is 6.20 Å². The first-order valence-electron chi connectivity index (χ1n) is 7.90. The van der Waals surface area contributed by atoms with Gasteiger partial charge in [0, 0.05) is 11.3 Å². The van der Waals surface area contributed by atoms with E-state index in [0.29, 0.717) is 18.4 Å². The monoisotopic (exact) mass is 448 g/mol. The molecule has 6 heteroatoms. The highest BCUT2D eigenvalue weighted by Gasteiger charge is 2.05. The van der Waals surface area contributed by atoms with E-state index in [9.17, 15) is 0 Å². The average molecular weight is 448 g/mol. The molecular formula is C19H21IN4O. The lowest BCUT2D eigenvalue weighted by Gasteiger charge is -2.05. The molecule has 0 amide bonds. The number of benzene rings is 2. The van der Waals surface area contributed by atoms with Gasteiger partial charge in [-0.1, -0.05) is 49.4 Å². The van der Waals surface area contributed by atoms with Gasteiger partial charge in [-0.3, -0.25) is 0 Å². The van der Waals surface area contributed by atoms with E-state index >= 15 is 0 Å². The van der Waals surface area contributed by atoms with Crippen LogP contribution in [-0.2, 0) is 13.0 Å². The predicted octanol–water partition coefficient (Wildman–Crippen LogP) is 4.45. The van der Waals surface area contributed by atoms with E-state index < -0.39 is 0 Å². The van der Waals surface area contributed by atoms with Crippen molar-refractivity contribution in [3.63, 3.8) is 0 Å². The lowest BCUT2D eigenvalue weighted by Crippen LogP contribution is -2.22. The molecule has 0 bridgehead atoms. The standard InChI is InChI=1S/C19H20N4O.HI/c1-2-14-8-10-16(11-9-14)23-19(20)22-13-18-21-12-17(24-18)15-6-4-3-5-7-15;/h3-12H,2,13H2,1H3,(H3,20,22,23);1H. The summed E-state index contributed by atoms with van der Waals surface area (Å²) in [6, 6.07) is 17.9. The van der Waals surface area contributed by atoms with E-state index in [4.69, 9.17) is 10.2 Å². The van der Waals surface area contributed by atoms with Crippen molar-refractivity contribution in [2.75, 3.05) is 5.32 Å². The Labute approximate surface area is 164 Å². The van der Waals surface area contributed by atoms with Crippen LogP contribution in [0, 0.1) is 0 Å². The number of rotatable bonds is 5. The number of anilines is 1. The van der Waals surface area contributed by atoms with Crippen molar-refractivity contribution in [2.45, 2.75) is 19.9 Å². The minimum atomic E-state index is 0. The van der Waals surface area contributed by atoms with Gasteiger partial charge < -0.3 is 15.5 Å². The molecule has 0 aliphatic carbocycles. The van der Waals surface area contributed by atoms with Crippen molar-refractivity contribution in [3.05, 3.63) is 72.2 Å². The second kappa shape index (κ2) is 9.22. The van der Waals surface area contributed by atoms with E-state index in [1.807, 2.05) is 42.5 Å². The van der Waals surface area contributed by atoms with Crippen LogP contribution in [0.1, 0.15) is 18.4 Å². The maximum atomic E-state index is 5.91. The molecule has 130 valence electrons. The normalized spacial score (nSPS) is 11.0. The van der Waals surface area contributed by atoms with Crippen LogP contribution in [0.4, 0.5) is 5.69 Å². The molecular weight excluding hydrogens is 427 g/mol. The molecule has 0 saturated carbocycles. The van der Waals surface area contributed by atoms with E-state index in [-0.39, 0.29) is 24.0 Å². The van der Waals surface area contributed by atoms with Crippen molar-refractivity contribution in [2.24, 2.45) is 10.7 Å². The van der Waals surface area contributed by atoms with Gasteiger partial charge >= 0.3 is 0 Å². The van der Waals surface area contributed by atoms with Gasteiger partial charge in [-0.2, -0.15) is 0 Å². The zero-order chi connectivity index (χ0) is 16.8. The zero-order valence-corrected chi connectivity index (χ0v) is 16.3. The first-order valence-corrected chi connectivity index (χ1v) is 7.90. The van der Waals surface area contributed by atoms with Crippen LogP contribution in [0.2, 0.25) is 0 Å². The summed E-state index contributed by atoms with van der Waals surface area (Å²) in [5.41, 5.74) is 9.09. The SMILES string of the molecule is CCc1ccc(NC(N)=NCc2ncc(-c3ccccc3)o2)cc1.I. The summed E-state index contributed by atoms with van der Waals surface area (Å²) in [7, 11) is 0. The molecule has 2 aromatic carbocycles. The van der Waals surface area contributed by atoms with Gasteiger partial charge in [0.2, 0.25) is 5.89 Å². The Morgan fingerprint density at radius 3 is 2.52 bits per heavy atom. The molecule has 3 aromatic rings. The Kier molecular flexibility index (Phi) is 7.00. The molecule has 3 N–H and O–H groups in total. The van der Waals surface area contributed by atoms with Gasteiger partial charge in [-0.05, 0) is 24.1 Å². The molecule has 5 nitrogen and oxygen atoms in total. The number of nitrogens with zero attached hydrogens (tertiary/aromatic N) is 2. The number of nitrogens with one attached hydrogen (secondary N) is 1. The van der Waals surface area contributed by atoms with E-state index in [2.05, 4.69) is 34.3 Å². The molecule has 25 heavy (non-hydrogen) atoms. The largest absolute Gasteiger partial charge is 0.439 e. The lowest BCUT2D eigenvalue weighted by molar-refractivity contribution is 0.510. The lowest BCUT2D eigenvalue weighted by atomic mass is 10.1. The molecule has 0 fully saturated rings. The third-order valence-corrected chi connectivity index (χ3v) is 3.63. The number of hydrogen-bond acceptors (Lipinski definition) is 3. The number of hydrogen-bond donors (Lipinski definition) is 2. The Morgan fingerprint density at radius 2 is 1.84 bits per heavy atom. The van der Waals surface area contributed by atoms with Crippen LogP contribution in [0.5, 0.6) is 0 Å². The quantitative estimate of drug-likeness (QED) is 0.344. The van der Waals surface area contributed by atoms with Gasteiger partial charge in [0.25, 0.3) is 0 Å². The topological polar surface area (TPSA) is 76.4 Å². The van der Waals surface area contributed by atoms with E-state index in [1.165, 1.54) is 5.56 Å². The van der Waals surface area contributed by atoms with Crippen molar-refractivity contribution in [1.29, 1.82) is 0 Å². The van der Waals surface area contributed by atoms with Crippen molar-refractivity contribution >= 4 is 35.6 Å². The third-order valence-electron chi connectivity index (χ3n) is 3.63. The molecule has 0 aliphatic rings. The first-order chi connectivity index (χ1) is 11.7. The summed E-state index contributed by atoms with van der Waals surface area (Å²) in [6.07, 6.45) is 2.71. The third kappa shape index (κ3) is 5.32. The Hall–Kier alpha value is -2.35. The summed E-state index contributed by atoms with van der Waals surface area (Å²) in [6.45, 7) is 2.41. The molecule has 0 aliphatic heterocycles. The number of aromatic nitrogens is 1. The highest BCUT2D eigenvalue weighted by atomic mass is 127. The average Bonchev–Trinajstić information content (AvgIpc) is 3.10. The summed E-state index contributed by atoms with van der Waals surface area (Å²) in [4.78, 5) is 8.50. The second-order valence-electron chi connectivity index (χ2n) is 5.36. The number of guanidine groups is 1. The van der Waals surface area contributed by atoms with Crippen molar-refractivity contribution in [3.8, 4) is 11.3 Å². The summed E-state index contributed by atoms with van der Waals surface area (Å²) in [5.74, 6) is 1.58. The van der Waals surface area contributed by atoms with Crippen LogP contribution in [0.3, 0.4) is 0 Å². The number of aliphatic imine (C=N–C) groups is 1. The minimum Gasteiger partial charge on any atom is -0.439 e. The maximum absolute atomic E-state index is 5.91. The second-order valence-corrected chi connectivity index (χ2v) is 5.36. The van der Waals surface area contributed by atoms with Gasteiger partial charge in [-0.15, -0.1) is 24.0 Å².